The molecule has 1 aromatic heterocycles. The maximum atomic E-state index is 12.7. The van der Waals surface area contributed by atoms with Crippen molar-refractivity contribution in [2.45, 2.75) is 45.4 Å². The first-order valence-corrected chi connectivity index (χ1v) is 8.44. The minimum absolute atomic E-state index is 0.156. The summed E-state index contributed by atoms with van der Waals surface area (Å²) < 4.78 is 1.47. The summed E-state index contributed by atoms with van der Waals surface area (Å²) in [7, 11) is 0. The average molecular weight is 319 g/mol. The normalized spacial score (nSPS) is 15.2. The fourth-order valence-corrected chi connectivity index (χ4v) is 3.84. The van der Waals surface area contributed by atoms with Gasteiger partial charge in [0, 0.05) is 11.9 Å². The Balaban J connectivity index is 1.64. The molecule has 0 saturated carbocycles. The first kappa shape index (κ1) is 14.9. The third-order valence-electron chi connectivity index (χ3n) is 5.10. The minimum atomic E-state index is -0.156. The van der Waals surface area contributed by atoms with Crippen molar-refractivity contribution in [1.82, 2.24) is 9.78 Å². The van der Waals surface area contributed by atoms with E-state index in [4.69, 9.17) is 5.26 Å². The zero-order valence-electron chi connectivity index (χ0n) is 13.7. The maximum Gasteiger partial charge on any atom is 0.255 e. The van der Waals surface area contributed by atoms with Crippen LogP contribution >= 0.6 is 0 Å². The van der Waals surface area contributed by atoms with Gasteiger partial charge in [-0.05, 0) is 67.7 Å². The lowest BCUT2D eigenvalue weighted by Crippen LogP contribution is -2.26. The van der Waals surface area contributed by atoms with Gasteiger partial charge in [-0.3, -0.25) is 9.48 Å². The summed E-state index contributed by atoms with van der Waals surface area (Å²) in [5, 5.41) is 16.1. The summed E-state index contributed by atoms with van der Waals surface area (Å²) in [5.74, 6) is -0.156. The number of hydrogen-bond acceptors (Lipinski definition) is 3. The number of nitrogens with zero attached hydrogens (tertiary/aromatic N) is 3. The molecule has 1 heterocycles. The van der Waals surface area contributed by atoms with Crippen molar-refractivity contribution in [2.75, 3.05) is 5.32 Å². The second kappa shape index (κ2) is 5.79. The Labute approximate surface area is 141 Å². The lowest BCUT2D eigenvalue weighted by Gasteiger charge is -2.18. The number of anilines is 1. The van der Waals surface area contributed by atoms with Crippen molar-refractivity contribution in [3.8, 4) is 6.07 Å². The maximum absolute atomic E-state index is 12.7. The predicted octanol–water partition coefficient (Wildman–Crippen LogP) is 2.77. The Morgan fingerprint density at radius 2 is 1.88 bits per heavy atom. The van der Waals surface area contributed by atoms with Gasteiger partial charge in [0.25, 0.3) is 5.91 Å². The van der Waals surface area contributed by atoms with E-state index in [0.29, 0.717) is 11.6 Å². The van der Waals surface area contributed by atoms with Crippen LogP contribution in [-0.4, -0.2) is 15.7 Å². The number of carbonyl (C=O) groups excluding carboxylic acids is 1. The van der Waals surface area contributed by atoms with Gasteiger partial charge in [-0.2, -0.15) is 10.4 Å². The third-order valence-corrected chi connectivity index (χ3v) is 5.10. The van der Waals surface area contributed by atoms with Gasteiger partial charge in [-0.25, -0.2) is 0 Å². The number of hydrogen-bond donors (Lipinski definition) is 1. The summed E-state index contributed by atoms with van der Waals surface area (Å²) in [4.78, 5) is 12.7. The van der Waals surface area contributed by atoms with Gasteiger partial charge in [0.15, 0.2) is 6.04 Å². The molecule has 0 spiro atoms. The molecule has 0 unspecified atom stereocenters. The summed E-state index contributed by atoms with van der Waals surface area (Å²) in [6.07, 6.45) is 9.67. The van der Waals surface area contributed by atoms with Gasteiger partial charge in [0.05, 0.1) is 11.8 Å². The topological polar surface area (TPSA) is 70.7 Å². The number of aryl methyl sites for hydroxylation is 2. The fraction of sp³-hybridized carbons (Fsp3) is 0.368. The van der Waals surface area contributed by atoms with Gasteiger partial charge in [-0.15, -0.1) is 0 Å². The van der Waals surface area contributed by atoms with Crippen LogP contribution in [0.1, 0.15) is 47.6 Å². The smallest absolute Gasteiger partial charge is 0.255 e. The van der Waals surface area contributed by atoms with E-state index in [1.54, 1.807) is 13.1 Å². The highest BCUT2D eigenvalue weighted by Gasteiger charge is 2.27. The van der Waals surface area contributed by atoms with Crippen molar-refractivity contribution in [2.24, 2.45) is 0 Å². The average Bonchev–Trinajstić information content (AvgIpc) is 3.32. The van der Waals surface area contributed by atoms with Crippen molar-refractivity contribution >= 4 is 11.6 Å². The molecular weight excluding hydrogens is 300 g/mol. The summed E-state index contributed by atoms with van der Waals surface area (Å²) >= 11 is 0. The van der Waals surface area contributed by atoms with Gasteiger partial charge in [0.2, 0.25) is 0 Å². The molecule has 2 aromatic rings. The van der Waals surface area contributed by atoms with E-state index in [-0.39, 0.29) is 5.91 Å². The Bertz CT molecular complexity index is 827. The highest BCUT2D eigenvalue weighted by atomic mass is 16.2. The SMILES string of the molecule is C[C](C(=O)Nc1c2c(cc3c1CCC3)CCC2)n1cc(C#N)cn1. The number of fused-ring (bicyclic) bond motifs is 2. The number of rotatable bonds is 3. The molecule has 2 aliphatic carbocycles. The van der Waals surface area contributed by atoms with Crippen molar-refractivity contribution in [3.63, 3.8) is 0 Å². The number of amides is 1. The molecule has 0 fully saturated rings. The number of carbonyl (C=O) groups is 1. The summed E-state index contributed by atoms with van der Waals surface area (Å²) in [5.41, 5.74) is 6.91. The van der Waals surface area contributed by atoms with Crippen LogP contribution in [0.4, 0.5) is 5.69 Å². The van der Waals surface area contributed by atoms with E-state index < -0.39 is 0 Å². The second-order valence-corrected chi connectivity index (χ2v) is 6.56. The van der Waals surface area contributed by atoms with Crippen LogP contribution in [0.25, 0.3) is 0 Å². The number of benzene rings is 1. The summed E-state index contributed by atoms with van der Waals surface area (Å²) in [6.45, 7) is 1.73. The molecule has 2 aliphatic rings. The second-order valence-electron chi connectivity index (χ2n) is 6.56. The van der Waals surface area contributed by atoms with Crippen LogP contribution in [0.3, 0.4) is 0 Å². The van der Waals surface area contributed by atoms with E-state index in [0.717, 1.165) is 44.2 Å². The van der Waals surface area contributed by atoms with Crippen LogP contribution < -0.4 is 5.32 Å². The largest absolute Gasteiger partial charge is 0.323 e. The molecule has 0 aliphatic heterocycles. The lowest BCUT2D eigenvalue weighted by atomic mass is 9.98. The van der Waals surface area contributed by atoms with Crippen molar-refractivity contribution in [1.29, 1.82) is 5.26 Å². The molecule has 1 aromatic carbocycles. The van der Waals surface area contributed by atoms with E-state index in [1.807, 2.05) is 6.07 Å². The van der Waals surface area contributed by atoms with Crippen LogP contribution in [0.5, 0.6) is 0 Å². The molecule has 5 heteroatoms. The number of aromatic nitrogens is 2. The highest BCUT2D eigenvalue weighted by Crippen LogP contribution is 2.38. The van der Waals surface area contributed by atoms with Crippen LogP contribution in [0.2, 0.25) is 0 Å². The van der Waals surface area contributed by atoms with Crippen LogP contribution in [0, 0.1) is 17.4 Å². The summed E-state index contributed by atoms with van der Waals surface area (Å²) in [6, 6.07) is 4.85. The molecule has 0 bridgehead atoms. The molecule has 5 nitrogen and oxygen atoms in total. The molecule has 1 radical (unpaired) electrons. The lowest BCUT2D eigenvalue weighted by molar-refractivity contribution is -0.115. The van der Waals surface area contributed by atoms with E-state index in [2.05, 4.69) is 16.5 Å². The first-order chi connectivity index (χ1) is 11.7. The zero-order valence-corrected chi connectivity index (χ0v) is 13.7. The van der Waals surface area contributed by atoms with Crippen molar-refractivity contribution < 1.29 is 4.79 Å². The Kier molecular flexibility index (Phi) is 3.61. The highest BCUT2D eigenvalue weighted by molar-refractivity contribution is 6.02. The molecular formula is C19H19N4O. The van der Waals surface area contributed by atoms with E-state index in [1.165, 1.54) is 33.1 Å². The Morgan fingerprint density at radius 1 is 1.21 bits per heavy atom. The van der Waals surface area contributed by atoms with Gasteiger partial charge in [0.1, 0.15) is 6.07 Å². The molecule has 0 saturated heterocycles. The molecule has 0 atom stereocenters. The molecule has 4 rings (SSSR count). The Hall–Kier alpha value is -2.61. The van der Waals surface area contributed by atoms with Crippen LogP contribution in [-0.2, 0) is 30.5 Å². The van der Waals surface area contributed by atoms with Gasteiger partial charge >= 0.3 is 0 Å². The number of nitrogens with one attached hydrogen (secondary N) is 1. The molecule has 121 valence electrons. The van der Waals surface area contributed by atoms with E-state index in [9.17, 15) is 4.79 Å². The van der Waals surface area contributed by atoms with Crippen LogP contribution in [0.15, 0.2) is 18.5 Å². The number of nitriles is 1. The first-order valence-electron chi connectivity index (χ1n) is 8.44. The quantitative estimate of drug-likeness (QED) is 0.945. The van der Waals surface area contributed by atoms with Gasteiger partial charge < -0.3 is 5.32 Å². The third kappa shape index (κ3) is 2.39. The molecule has 1 N–H and O–H groups in total. The molecule has 24 heavy (non-hydrogen) atoms. The monoisotopic (exact) mass is 319 g/mol. The fourth-order valence-electron chi connectivity index (χ4n) is 3.84. The zero-order chi connectivity index (χ0) is 16.7. The minimum Gasteiger partial charge on any atom is -0.323 e. The van der Waals surface area contributed by atoms with E-state index >= 15 is 0 Å². The molecule has 1 amide bonds. The Morgan fingerprint density at radius 3 is 2.46 bits per heavy atom. The van der Waals surface area contributed by atoms with Crippen molar-refractivity contribution in [3.05, 3.63) is 52.3 Å². The standard InChI is InChI=1S/C19H19N4O/c1-12(23-11-13(9-20)10-21-23)19(24)22-18-16-6-2-4-14(16)8-15-5-3-7-17(15)18/h8,10-11H,2-7H2,1H3,(H,22,24). The van der Waals surface area contributed by atoms with Gasteiger partial charge in [-0.1, -0.05) is 6.07 Å². The predicted molar refractivity (Wildman–Crippen MR) is 90.4 cm³/mol.